The Morgan fingerprint density at radius 3 is 2.42 bits per heavy atom. The number of rotatable bonds is 5. The van der Waals surface area contributed by atoms with E-state index in [0.29, 0.717) is 11.3 Å². The highest BCUT2D eigenvalue weighted by atomic mass is 16.2. The molecule has 24 heavy (non-hydrogen) atoms. The topological polar surface area (TPSA) is 58.2 Å². The maximum absolute atomic E-state index is 12.6. The van der Waals surface area contributed by atoms with E-state index in [1.807, 2.05) is 0 Å². The SMILES string of the molecule is CC(=O)Nc1cccc(C(=O)NC2(Cc3ccc(C)cc3)CC2)c1. The molecule has 0 unspecified atom stereocenters. The number of carbonyl (C=O) groups is 2. The molecule has 2 aromatic rings. The number of anilines is 1. The zero-order valence-corrected chi connectivity index (χ0v) is 14.1. The summed E-state index contributed by atoms with van der Waals surface area (Å²) in [7, 11) is 0. The van der Waals surface area contributed by atoms with Gasteiger partial charge in [0.2, 0.25) is 5.91 Å². The van der Waals surface area contributed by atoms with Crippen LogP contribution in [0.4, 0.5) is 5.69 Å². The Bertz CT molecular complexity index is 761. The van der Waals surface area contributed by atoms with Gasteiger partial charge in [0.15, 0.2) is 0 Å². The standard InChI is InChI=1S/C20H22N2O2/c1-14-6-8-16(9-7-14)13-20(10-11-20)22-19(24)17-4-3-5-18(12-17)21-15(2)23/h3-9,12H,10-11,13H2,1-2H3,(H,21,23)(H,22,24). The summed E-state index contributed by atoms with van der Waals surface area (Å²) in [5, 5.41) is 5.88. The van der Waals surface area contributed by atoms with Crippen molar-refractivity contribution in [1.29, 1.82) is 0 Å². The van der Waals surface area contributed by atoms with Gasteiger partial charge in [-0.3, -0.25) is 9.59 Å². The molecule has 0 atom stereocenters. The molecule has 2 aromatic carbocycles. The van der Waals surface area contributed by atoms with E-state index in [1.165, 1.54) is 18.1 Å². The Balaban J connectivity index is 1.68. The number of benzene rings is 2. The summed E-state index contributed by atoms with van der Waals surface area (Å²) in [6.07, 6.45) is 2.85. The molecular weight excluding hydrogens is 300 g/mol. The van der Waals surface area contributed by atoms with Crippen LogP contribution in [-0.2, 0) is 11.2 Å². The minimum absolute atomic E-state index is 0.0909. The fourth-order valence-corrected chi connectivity index (χ4v) is 2.85. The van der Waals surface area contributed by atoms with E-state index in [9.17, 15) is 9.59 Å². The molecule has 1 saturated carbocycles. The summed E-state index contributed by atoms with van der Waals surface area (Å²) < 4.78 is 0. The molecule has 4 nitrogen and oxygen atoms in total. The van der Waals surface area contributed by atoms with Crippen molar-refractivity contribution in [3.63, 3.8) is 0 Å². The number of hydrogen-bond donors (Lipinski definition) is 2. The van der Waals surface area contributed by atoms with E-state index >= 15 is 0 Å². The molecule has 3 rings (SSSR count). The molecule has 0 aliphatic heterocycles. The molecule has 0 bridgehead atoms. The predicted octanol–water partition coefficient (Wildman–Crippen LogP) is 3.46. The normalized spacial score (nSPS) is 14.8. The lowest BCUT2D eigenvalue weighted by atomic mass is 10.0. The van der Waals surface area contributed by atoms with Crippen LogP contribution in [0.2, 0.25) is 0 Å². The molecule has 1 aliphatic carbocycles. The van der Waals surface area contributed by atoms with E-state index < -0.39 is 0 Å². The smallest absolute Gasteiger partial charge is 0.251 e. The van der Waals surface area contributed by atoms with Gasteiger partial charge in [0.1, 0.15) is 0 Å². The van der Waals surface area contributed by atoms with Crippen LogP contribution >= 0.6 is 0 Å². The van der Waals surface area contributed by atoms with Crippen molar-refractivity contribution in [3.8, 4) is 0 Å². The van der Waals surface area contributed by atoms with Gasteiger partial charge >= 0.3 is 0 Å². The second kappa shape index (κ2) is 6.48. The molecule has 4 heteroatoms. The molecule has 0 aromatic heterocycles. The zero-order chi connectivity index (χ0) is 17.2. The van der Waals surface area contributed by atoms with Gasteiger partial charge in [-0.15, -0.1) is 0 Å². The van der Waals surface area contributed by atoms with Crippen molar-refractivity contribution in [3.05, 3.63) is 65.2 Å². The maximum atomic E-state index is 12.6. The van der Waals surface area contributed by atoms with Crippen LogP contribution < -0.4 is 10.6 Å². The third kappa shape index (κ3) is 4.02. The highest BCUT2D eigenvalue weighted by Gasteiger charge is 2.43. The first-order chi connectivity index (χ1) is 11.5. The number of carbonyl (C=O) groups excluding carboxylic acids is 2. The van der Waals surface area contributed by atoms with E-state index in [4.69, 9.17) is 0 Å². The van der Waals surface area contributed by atoms with Gasteiger partial charge in [-0.1, -0.05) is 35.9 Å². The molecule has 2 N–H and O–H groups in total. The van der Waals surface area contributed by atoms with Gasteiger partial charge in [0.05, 0.1) is 0 Å². The molecule has 0 radical (unpaired) electrons. The average molecular weight is 322 g/mol. The summed E-state index contributed by atoms with van der Waals surface area (Å²) in [6.45, 7) is 3.52. The third-order valence-corrected chi connectivity index (χ3v) is 4.34. The lowest BCUT2D eigenvalue weighted by Crippen LogP contribution is -2.38. The van der Waals surface area contributed by atoms with Crippen LogP contribution in [-0.4, -0.2) is 17.4 Å². The lowest BCUT2D eigenvalue weighted by molar-refractivity contribution is -0.114. The highest BCUT2D eigenvalue weighted by molar-refractivity contribution is 5.97. The van der Waals surface area contributed by atoms with Crippen LogP contribution in [0.15, 0.2) is 48.5 Å². The summed E-state index contributed by atoms with van der Waals surface area (Å²) >= 11 is 0. The molecule has 2 amide bonds. The summed E-state index contributed by atoms with van der Waals surface area (Å²) in [6, 6.07) is 15.5. The molecule has 0 heterocycles. The first-order valence-corrected chi connectivity index (χ1v) is 8.22. The lowest BCUT2D eigenvalue weighted by Gasteiger charge is -2.18. The van der Waals surface area contributed by atoms with Crippen molar-refractivity contribution in [2.75, 3.05) is 5.32 Å². The van der Waals surface area contributed by atoms with Crippen molar-refractivity contribution in [2.45, 2.75) is 38.6 Å². The Morgan fingerprint density at radius 1 is 1.08 bits per heavy atom. The van der Waals surface area contributed by atoms with Crippen LogP contribution in [0.5, 0.6) is 0 Å². The van der Waals surface area contributed by atoms with Gasteiger partial charge < -0.3 is 10.6 Å². The van der Waals surface area contributed by atoms with Crippen molar-refractivity contribution >= 4 is 17.5 Å². The average Bonchev–Trinajstić information content (AvgIpc) is 3.28. The second-order valence-electron chi connectivity index (χ2n) is 6.66. The van der Waals surface area contributed by atoms with Crippen molar-refractivity contribution in [1.82, 2.24) is 5.32 Å². The molecular formula is C20H22N2O2. The van der Waals surface area contributed by atoms with Gasteiger partial charge in [-0.25, -0.2) is 0 Å². The molecule has 0 spiro atoms. The third-order valence-electron chi connectivity index (χ3n) is 4.34. The Morgan fingerprint density at radius 2 is 1.79 bits per heavy atom. The van der Waals surface area contributed by atoms with Gasteiger partial charge in [0.25, 0.3) is 5.91 Å². The van der Waals surface area contributed by atoms with Crippen LogP contribution in [0, 0.1) is 6.92 Å². The van der Waals surface area contributed by atoms with Crippen LogP contribution in [0.3, 0.4) is 0 Å². The number of hydrogen-bond acceptors (Lipinski definition) is 2. The van der Waals surface area contributed by atoms with Crippen LogP contribution in [0.1, 0.15) is 41.3 Å². The molecule has 0 saturated heterocycles. The van der Waals surface area contributed by atoms with Gasteiger partial charge in [-0.2, -0.15) is 0 Å². The fourth-order valence-electron chi connectivity index (χ4n) is 2.85. The Hall–Kier alpha value is -2.62. The summed E-state index contributed by atoms with van der Waals surface area (Å²) in [5.41, 5.74) is 3.55. The summed E-state index contributed by atoms with van der Waals surface area (Å²) in [5.74, 6) is -0.239. The first kappa shape index (κ1) is 16.2. The minimum atomic E-state index is -0.148. The molecule has 124 valence electrons. The maximum Gasteiger partial charge on any atom is 0.251 e. The number of nitrogens with one attached hydrogen (secondary N) is 2. The Kier molecular flexibility index (Phi) is 4.38. The van der Waals surface area contributed by atoms with E-state index in [0.717, 1.165) is 19.3 Å². The number of aryl methyl sites for hydroxylation is 1. The predicted molar refractivity (Wildman–Crippen MR) is 95.1 cm³/mol. The quantitative estimate of drug-likeness (QED) is 0.885. The second-order valence-corrected chi connectivity index (χ2v) is 6.66. The molecule has 1 fully saturated rings. The van der Waals surface area contributed by atoms with Crippen molar-refractivity contribution < 1.29 is 9.59 Å². The van der Waals surface area contributed by atoms with Gasteiger partial charge in [0, 0.05) is 23.7 Å². The van der Waals surface area contributed by atoms with E-state index in [-0.39, 0.29) is 17.4 Å². The van der Waals surface area contributed by atoms with E-state index in [2.05, 4.69) is 41.8 Å². The zero-order valence-electron chi connectivity index (χ0n) is 14.1. The van der Waals surface area contributed by atoms with E-state index in [1.54, 1.807) is 24.3 Å². The Labute approximate surface area is 142 Å². The monoisotopic (exact) mass is 322 g/mol. The largest absolute Gasteiger partial charge is 0.346 e. The highest BCUT2D eigenvalue weighted by Crippen LogP contribution is 2.39. The van der Waals surface area contributed by atoms with Crippen molar-refractivity contribution in [2.24, 2.45) is 0 Å². The first-order valence-electron chi connectivity index (χ1n) is 8.22. The van der Waals surface area contributed by atoms with Crippen LogP contribution in [0.25, 0.3) is 0 Å². The minimum Gasteiger partial charge on any atom is -0.346 e. The number of amides is 2. The van der Waals surface area contributed by atoms with Gasteiger partial charge in [-0.05, 0) is 49.9 Å². The molecule has 1 aliphatic rings. The summed E-state index contributed by atoms with van der Waals surface area (Å²) in [4.78, 5) is 23.7. The fraction of sp³-hybridized carbons (Fsp3) is 0.300.